The van der Waals surface area contributed by atoms with Gasteiger partial charge in [0.15, 0.2) is 0 Å². The number of carboxylic acids is 1. The minimum absolute atomic E-state index is 0.160. The van der Waals surface area contributed by atoms with Crippen LogP contribution in [0.2, 0.25) is 0 Å². The Hall–Kier alpha value is -4.05. The maximum absolute atomic E-state index is 12.7. The van der Waals surface area contributed by atoms with Crippen molar-refractivity contribution in [2.45, 2.75) is 19.5 Å². The SMILES string of the molecule is CC1=C(c2ccc(C(=O)O)cc2)CC2NC(c3ccc(C#N)cc3)=CC(=O)N2N1. The molecule has 0 saturated carbocycles. The van der Waals surface area contributed by atoms with Crippen LogP contribution in [0.4, 0.5) is 0 Å². The molecule has 4 rings (SSSR count). The van der Waals surface area contributed by atoms with Gasteiger partial charge in [-0.05, 0) is 47.9 Å². The van der Waals surface area contributed by atoms with Crippen LogP contribution >= 0.6 is 0 Å². The minimum atomic E-state index is -0.966. The predicted octanol–water partition coefficient (Wildman–Crippen LogP) is 2.69. The molecule has 0 fully saturated rings. The van der Waals surface area contributed by atoms with E-state index in [2.05, 4.69) is 16.8 Å². The molecule has 1 amide bonds. The second-order valence-electron chi connectivity index (χ2n) is 6.92. The van der Waals surface area contributed by atoms with Gasteiger partial charge in [0.2, 0.25) is 0 Å². The zero-order chi connectivity index (χ0) is 20.5. The predicted molar refractivity (Wildman–Crippen MR) is 107 cm³/mol. The largest absolute Gasteiger partial charge is 0.478 e. The van der Waals surface area contributed by atoms with E-state index in [9.17, 15) is 9.59 Å². The van der Waals surface area contributed by atoms with Crippen molar-refractivity contribution in [1.82, 2.24) is 15.8 Å². The highest BCUT2D eigenvalue weighted by atomic mass is 16.4. The van der Waals surface area contributed by atoms with E-state index in [0.29, 0.717) is 17.7 Å². The van der Waals surface area contributed by atoms with Gasteiger partial charge in [-0.15, -0.1) is 0 Å². The van der Waals surface area contributed by atoms with Crippen LogP contribution in [0, 0.1) is 11.3 Å². The summed E-state index contributed by atoms with van der Waals surface area (Å²) in [7, 11) is 0. The van der Waals surface area contributed by atoms with Crippen LogP contribution in [0.3, 0.4) is 0 Å². The number of fused-ring (bicyclic) bond motifs is 1. The smallest absolute Gasteiger partial charge is 0.335 e. The molecule has 2 heterocycles. The third kappa shape index (κ3) is 3.44. The van der Waals surface area contributed by atoms with Crippen molar-refractivity contribution in [2.75, 3.05) is 0 Å². The molecular formula is C22H18N4O3. The normalized spacial score (nSPS) is 18.2. The van der Waals surface area contributed by atoms with E-state index >= 15 is 0 Å². The van der Waals surface area contributed by atoms with Gasteiger partial charge in [-0.1, -0.05) is 24.3 Å². The van der Waals surface area contributed by atoms with E-state index in [4.69, 9.17) is 10.4 Å². The number of allylic oxidation sites excluding steroid dienone is 1. The van der Waals surface area contributed by atoms with Crippen molar-refractivity contribution in [2.24, 2.45) is 0 Å². The molecule has 1 unspecified atom stereocenters. The van der Waals surface area contributed by atoms with E-state index < -0.39 is 5.97 Å². The average Bonchev–Trinajstić information content (AvgIpc) is 2.74. The van der Waals surface area contributed by atoms with Crippen molar-refractivity contribution in [1.29, 1.82) is 5.26 Å². The third-order valence-corrected chi connectivity index (χ3v) is 5.08. The molecule has 2 aliphatic heterocycles. The van der Waals surface area contributed by atoms with Crippen LogP contribution in [-0.4, -0.2) is 28.2 Å². The van der Waals surface area contributed by atoms with E-state index in [0.717, 1.165) is 22.4 Å². The Balaban J connectivity index is 1.60. The third-order valence-electron chi connectivity index (χ3n) is 5.08. The highest BCUT2D eigenvalue weighted by Gasteiger charge is 2.33. The van der Waals surface area contributed by atoms with Crippen LogP contribution in [0.5, 0.6) is 0 Å². The summed E-state index contributed by atoms with van der Waals surface area (Å²) in [5.41, 5.74) is 8.21. The Morgan fingerprint density at radius 3 is 2.41 bits per heavy atom. The molecule has 0 bridgehead atoms. The second-order valence-corrected chi connectivity index (χ2v) is 6.92. The van der Waals surface area contributed by atoms with Gasteiger partial charge in [-0.3, -0.25) is 10.2 Å². The molecule has 0 radical (unpaired) electrons. The van der Waals surface area contributed by atoms with Gasteiger partial charge in [0.25, 0.3) is 5.91 Å². The quantitative estimate of drug-likeness (QED) is 0.749. The van der Waals surface area contributed by atoms with Gasteiger partial charge in [0.05, 0.1) is 17.2 Å². The number of hydrogen-bond donors (Lipinski definition) is 3. The summed E-state index contributed by atoms with van der Waals surface area (Å²) in [6.07, 6.45) is 1.80. The number of nitriles is 1. The fourth-order valence-corrected chi connectivity index (χ4v) is 3.54. The van der Waals surface area contributed by atoms with Crippen LogP contribution in [-0.2, 0) is 4.79 Å². The van der Waals surface area contributed by atoms with E-state index in [-0.39, 0.29) is 17.6 Å². The van der Waals surface area contributed by atoms with Gasteiger partial charge < -0.3 is 10.4 Å². The number of carbonyl (C=O) groups excluding carboxylic acids is 1. The lowest BCUT2D eigenvalue weighted by atomic mass is 9.95. The highest BCUT2D eigenvalue weighted by molar-refractivity contribution is 5.97. The Morgan fingerprint density at radius 2 is 1.79 bits per heavy atom. The van der Waals surface area contributed by atoms with Crippen LogP contribution < -0.4 is 10.7 Å². The topological polar surface area (TPSA) is 105 Å². The number of amides is 1. The van der Waals surface area contributed by atoms with Crippen molar-refractivity contribution in [3.05, 3.63) is 82.6 Å². The summed E-state index contributed by atoms with van der Waals surface area (Å²) < 4.78 is 0. The maximum Gasteiger partial charge on any atom is 0.335 e. The van der Waals surface area contributed by atoms with E-state index in [1.165, 1.54) is 6.08 Å². The molecular weight excluding hydrogens is 368 g/mol. The summed E-state index contributed by atoms with van der Waals surface area (Å²) in [6, 6.07) is 15.8. The molecule has 0 aromatic heterocycles. The molecule has 29 heavy (non-hydrogen) atoms. The van der Waals surface area contributed by atoms with Gasteiger partial charge in [0, 0.05) is 23.9 Å². The number of rotatable bonds is 3. The number of nitrogens with zero attached hydrogens (tertiary/aromatic N) is 2. The standard InChI is InChI=1S/C22H18N4O3/c1-13-18(15-6-8-17(9-7-15)22(28)29)10-20-24-19(11-21(27)26(20)25-13)16-4-2-14(12-23)3-5-16/h2-9,11,20,24-25H,10H2,1H3,(H,28,29). The Bertz CT molecular complexity index is 1090. The molecule has 2 aliphatic rings. The number of benzene rings is 2. The average molecular weight is 386 g/mol. The maximum atomic E-state index is 12.7. The number of aromatic carboxylic acids is 1. The zero-order valence-electron chi connectivity index (χ0n) is 15.6. The first-order valence-electron chi connectivity index (χ1n) is 9.08. The molecule has 0 spiro atoms. The summed E-state index contributed by atoms with van der Waals surface area (Å²) in [6.45, 7) is 1.89. The minimum Gasteiger partial charge on any atom is -0.478 e. The van der Waals surface area contributed by atoms with E-state index in [1.807, 2.05) is 19.1 Å². The number of hydrazine groups is 1. The van der Waals surface area contributed by atoms with Crippen LogP contribution in [0.25, 0.3) is 11.3 Å². The number of hydrogen-bond acceptors (Lipinski definition) is 5. The summed E-state index contributed by atoms with van der Waals surface area (Å²) in [5.74, 6) is -1.13. The number of nitrogens with one attached hydrogen (secondary N) is 2. The Kier molecular flexibility index (Phi) is 4.53. The molecule has 0 saturated heterocycles. The Morgan fingerprint density at radius 1 is 1.14 bits per heavy atom. The molecule has 144 valence electrons. The zero-order valence-corrected chi connectivity index (χ0v) is 15.6. The second kappa shape index (κ2) is 7.17. The van der Waals surface area contributed by atoms with Crippen LogP contribution in [0.1, 0.15) is 40.4 Å². The van der Waals surface area contributed by atoms with Gasteiger partial charge in [0.1, 0.15) is 6.17 Å². The van der Waals surface area contributed by atoms with Crippen molar-refractivity contribution in [3.8, 4) is 6.07 Å². The van der Waals surface area contributed by atoms with Crippen LogP contribution in [0.15, 0.2) is 60.3 Å². The lowest BCUT2D eigenvalue weighted by molar-refractivity contribution is -0.132. The lowest BCUT2D eigenvalue weighted by Gasteiger charge is -2.41. The van der Waals surface area contributed by atoms with Gasteiger partial charge in [-0.25, -0.2) is 9.80 Å². The van der Waals surface area contributed by atoms with Gasteiger partial charge >= 0.3 is 5.97 Å². The van der Waals surface area contributed by atoms with Crippen molar-refractivity contribution in [3.63, 3.8) is 0 Å². The molecule has 7 heteroatoms. The van der Waals surface area contributed by atoms with Gasteiger partial charge in [-0.2, -0.15) is 5.26 Å². The first-order valence-corrected chi connectivity index (χ1v) is 9.08. The lowest BCUT2D eigenvalue weighted by Crippen LogP contribution is -2.58. The fourth-order valence-electron chi connectivity index (χ4n) is 3.54. The molecule has 7 nitrogen and oxygen atoms in total. The summed E-state index contributed by atoms with van der Waals surface area (Å²) in [4.78, 5) is 23.7. The highest BCUT2D eigenvalue weighted by Crippen LogP contribution is 2.31. The van der Waals surface area contributed by atoms with E-state index in [1.54, 1.807) is 41.4 Å². The molecule has 2 aromatic rings. The first kappa shape index (κ1) is 18.3. The molecule has 0 aliphatic carbocycles. The molecule has 1 atom stereocenters. The van der Waals surface area contributed by atoms with Crippen molar-refractivity contribution < 1.29 is 14.7 Å². The number of carbonyl (C=O) groups is 2. The fraction of sp³-hybridized carbons (Fsp3) is 0.136. The monoisotopic (exact) mass is 386 g/mol. The van der Waals surface area contributed by atoms with Crippen molar-refractivity contribution >= 4 is 23.1 Å². The summed E-state index contributed by atoms with van der Waals surface area (Å²) in [5, 5.41) is 23.0. The Labute approximate surface area is 167 Å². The molecule has 3 N–H and O–H groups in total. The molecule has 2 aromatic carbocycles. The first-order chi connectivity index (χ1) is 14.0. The number of carboxylic acid groups (broad SMARTS) is 1. The summed E-state index contributed by atoms with van der Waals surface area (Å²) >= 11 is 0.